The van der Waals surface area contributed by atoms with Crippen LogP contribution in [-0.2, 0) is 10.0 Å². The Bertz CT molecular complexity index is 428. The number of rotatable bonds is 9. The van der Waals surface area contributed by atoms with E-state index in [0.29, 0.717) is 19.6 Å². The molecule has 0 heterocycles. The van der Waals surface area contributed by atoms with Gasteiger partial charge in [-0.25, -0.2) is 12.7 Å². The molecule has 0 aliphatic rings. The van der Waals surface area contributed by atoms with Crippen LogP contribution in [0.25, 0.3) is 0 Å². The van der Waals surface area contributed by atoms with E-state index in [1.165, 1.54) is 10.6 Å². The number of guanidine groups is 1. The average Bonchev–Trinajstić information content (AvgIpc) is 2.40. The van der Waals surface area contributed by atoms with E-state index in [9.17, 15) is 8.42 Å². The zero-order valence-corrected chi connectivity index (χ0v) is 18.4. The van der Waals surface area contributed by atoms with Crippen molar-refractivity contribution in [1.82, 2.24) is 14.9 Å². The third kappa shape index (κ3) is 10.9. The Hall–Kier alpha value is 0.260. The lowest BCUT2D eigenvalue weighted by molar-refractivity contribution is 0.424. The molecular weight excluding hydrogens is 435 g/mol. The van der Waals surface area contributed by atoms with E-state index in [0.717, 1.165) is 18.9 Å². The predicted molar refractivity (Wildman–Crippen MR) is 109 cm³/mol. The first-order valence-electron chi connectivity index (χ1n) is 7.11. The van der Waals surface area contributed by atoms with Crippen LogP contribution in [-0.4, -0.2) is 69.2 Å². The van der Waals surface area contributed by atoms with Gasteiger partial charge in [-0.3, -0.25) is 4.99 Å². The Balaban J connectivity index is 0. The topological polar surface area (TPSA) is 73.8 Å². The summed E-state index contributed by atoms with van der Waals surface area (Å²) in [5.41, 5.74) is 0. The summed E-state index contributed by atoms with van der Waals surface area (Å²) < 4.78 is 24.5. The minimum absolute atomic E-state index is 0. The summed E-state index contributed by atoms with van der Waals surface area (Å²) in [4.78, 5) is 4.16. The molecule has 0 unspecified atom stereocenters. The standard InChI is InChI=1S/C13H30N4O2S2.HI/c1-7-17(21(6,18)19)10-8-9-15-12(14-4)16-11-13(2,3)20-5;/h7-11H2,1-6H3,(H2,14,15,16);1H. The average molecular weight is 466 g/mol. The van der Waals surface area contributed by atoms with Gasteiger partial charge in [0, 0.05) is 38.0 Å². The van der Waals surface area contributed by atoms with Gasteiger partial charge in [-0.15, -0.1) is 24.0 Å². The molecule has 0 saturated carbocycles. The molecule has 9 heteroatoms. The monoisotopic (exact) mass is 466 g/mol. The van der Waals surface area contributed by atoms with Gasteiger partial charge in [0.2, 0.25) is 10.0 Å². The maximum Gasteiger partial charge on any atom is 0.211 e. The first-order valence-corrected chi connectivity index (χ1v) is 10.2. The third-order valence-corrected chi connectivity index (χ3v) is 5.78. The summed E-state index contributed by atoms with van der Waals surface area (Å²) in [5.74, 6) is 0.750. The van der Waals surface area contributed by atoms with Crippen molar-refractivity contribution < 1.29 is 8.42 Å². The first kappa shape index (κ1) is 24.5. The van der Waals surface area contributed by atoms with Crippen molar-refractivity contribution in [3.8, 4) is 0 Å². The number of nitrogens with one attached hydrogen (secondary N) is 2. The third-order valence-electron chi connectivity index (χ3n) is 3.16. The van der Waals surface area contributed by atoms with Gasteiger partial charge in [0.1, 0.15) is 0 Å². The van der Waals surface area contributed by atoms with Crippen molar-refractivity contribution >= 4 is 51.7 Å². The fourth-order valence-electron chi connectivity index (χ4n) is 1.61. The van der Waals surface area contributed by atoms with E-state index in [2.05, 4.69) is 35.7 Å². The molecule has 0 rings (SSSR count). The Labute approximate surface area is 157 Å². The minimum Gasteiger partial charge on any atom is -0.356 e. The Morgan fingerprint density at radius 2 is 1.91 bits per heavy atom. The molecule has 0 atom stereocenters. The lowest BCUT2D eigenvalue weighted by atomic mass is 10.2. The molecule has 2 N–H and O–H groups in total. The van der Waals surface area contributed by atoms with Crippen molar-refractivity contribution in [1.29, 1.82) is 0 Å². The second-order valence-corrected chi connectivity index (χ2v) is 8.92. The fourth-order valence-corrected chi connectivity index (χ4v) is 2.76. The van der Waals surface area contributed by atoms with Crippen LogP contribution in [0.15, 0.2) is 4.99 Å². The van der Waals surface area contributed by atoms with Crippen molar-refractivity contribution in [2.75, 3.05) is 45.7 Å². The van der Waals surface area contributed by atoms with E-state index < -0.39 is 10.0 Å². The molecule has 0 saturated heterocycles. The van der Waals surface area contributed by atoms with E-state index >= 15 is 0 Å². The predicted octanol–water partition coefficient (Wildman–Crippen LogP) is 1.58. The van der Waals surface area contributed by atoms with Gasteiger partial charge in [0.15, 0.2) is 5.96 Å². The molecule has 0 bridgehead atoms. The van der Waals surface area contributed by atoms with Crippen LogP contribution >= 0.6 is 35.7 Å². The molecule has 134 valence electrons. The molecule has 22 heavy (non-hydrogen) atoms. The summed E-state index contributed by atoms with van der Waals surface area (Å²) in [6.07, 6.45) is 4.07. The largest absolute Gasteiger partial charge is 0.356 e. The molecule has 0 aliphatic heterocycles. The first-order chi connectivity index (χ1) is 9.66. The van der Waals surface area contributed by atoms with Crippen LogP contribution < -0.4 is 10.6 Å². The van der Waals surface area contributed by atoms with Crippen LogP contribution in [0.5, 0.6) is 0 Å². The number of hydrogen-bond donors (Lipinski definition) is 2. The highest BCUT2D eigenvalue weighted by atomic mass is 127. The van der Waals surface area contributed by atoms with Gasteiger partial charge in [0.05, 0.1) is 6.26 Å². The van der Waals surface area contributed by atoms with Crippen molar-refractivity contribution in [3.63, 3.8) is 0 Å². The van der Waals surface area contributed by atoms with Crippen molar-refractivity contribution in [2.24, 2.45) is 4.99 Å². The molecule has 0 aromatic heterocycles. The smallest absolute Gasteiger partial charge is 0.211 e. The SMILES string of the molecule is CCN(CCCNC(=NC)NCC(C)(C)SC)S(C)(=O)=O.I. The second kappa shape index (κ2) is 11.7. The Kier molecular flexibility index (Phi) is 13.1. The Morgan fingerprint density at radius 1 is 1.32 bits per heavy atom. The van der Waals surface area contributed by atoms with E-state index in [-0.39, 0.29) is 28.7 Å². The van der Waals surface area contributed by atoms with Crippen molar-refractivity contribution in [3.05, 3.63) is 0 Å². The zero-order valence-electron chi connectivity index (χ0n) is 14.5. The summed E-state index contributed by atoms with van der Waals surface area (Å²) in [5, 5.41) is 6.48. The molecule has 6 nitrogen and oxygen atoms in total. The molecule has 0 aromatic carbocycles. The fraction of sp³-hybridized carbons (Fsp3) is 0.923. The van der Waals surface area contributed by atoms with Crippen LogP contribution in [0.1, 0.15) is 27.2 Å². The van der Waals surface area contributed by atoms with Crippen LogP contribution in [0.4, 0.5) is 0 Å². The summed E-state index contributed by atoms with van der Waals surface area (Å²) in [7, 11) is -1.36. The van der Waals surface area contributed by atoms with Crippen LogP contribution in [0, 0.1) is 0 Å². The number of aliphatic imine (C=N–C) groups is 1. The van der Waals surface area contributed by atoms with E-state index in [1.807, 2.05) is 6.92 Å². The van der Waals surface area contributed by atoms with E-state index in [1.54, 1.807) is 18.8 Å². The van der Waals surface area contributed by atoms with Gasteiger partial charge in [-0.05, 0) is 26.5 Å². The van der Waals surface area contributed by atoms with Gasteiger partial charge < -0.3 is 10.6 Å². The molecular formula is C13H31IN4O2S2. The Morgan fingerprint density at radius 3 is 2.32 bits per heavy atom. The van der Waals surface area contributed by atoms with Gasteiger partial charge in [0.25, 0.3) is 0 Å². The summed E-state index contributed by atoms with van der Waals surface area (Å²) in [6.45, 7) is 8.72. The van der Waals surface area contributed by atoms with E-state index in [4.69, 9.17) is 0 Å². The van der Waals surface area contributed by atoms with Gasteiger partial charge in [-0.2, -0.15) is 11.8 Å². The summed E-state index contributed by atoms with van der Waals surface area (Å²) >= 11 is 1.80. The maximum atomic E-state index is 11.5. The molecule has 0 spiro atoms. The number of thioether (sulfide) groups is 1. The normalized spacial score (nSPS) is 13.0. The maximum absolute atomic E-state index is 11.5. The highest BCUT2D eigenvalue weighted by Crippen LogP contribution is 2.19. The summed E-state index contributed by atoms with van der Waals surface area (Å²) in [6, 6.07) is 0. The van der Waals surface area contributed by atoms with Crippen molar-refractivity contribution in [2.45, 2.75) is 31.9 Å². The molecule has 0 radical (unpaired) electrons. The highest BCUT2D eigenvalue weighted by molar-refractivity contribution is 14.0. The van der Waals surface area contributed by atoms with Crippen LogP contribution in [0.2, 0.25) is 0 Å². The molecule has 0 aromatic rings. The van der Waals surface area contributed by atoms with Gasteiger partial charge in [-0.1, -0.05) is 6.92 Å². The molecule has 0 aliphatic carbocycles. The lowest BCUT2D eigenvalue weighted by Gasteiger charge is -2.24. The number of nitrogens with zero attached hydrogens (tertiary/aromatic N) is 2. The highest BCUT2D eigenvalue weighted by Gasteiger charge is 2.16. The number of sulfonamides is 1. The molecule has 0 amide bonds. The number of hydrogen-bond acceptors (Lipinski definition) is 4. The quantitative estimate of drug-likeness (QED) is 0.234. The second-order valence-electron chi connectivity index (χ2n) is 5.42. The minimum atomic E-state index is -3.10. The zero-order chi connectivity index (χ0) is 16.5. The lowest BCUT2D eigenvalue weighted by Crippen LogP contribution is -2.44. The van der Waals surface area contributed by atoms with Gasteiger partial charge >= 0.3 is 0 Å². The van der Waals surface area contributed by atoms with Crippen LogP contribution in [0.3, 0.4) is 0 Å². The number of halogens is 1. The molecule has 0 fully saturated rings.